The van der Waals surface area contributed by atoms with Gasteiger partial charge in [0.25, 0.3) is 0 Å². The summed E-state index contributed by atoms with van der Waals surface area (Å²) in [6.07, 6.45) is 0.594. The van der Waals surface area contributed by atoms with Gasteiger partial charge in [0, 0.05) is 11.8 Å². The van der Waals surface area contributed by atoms with Crippen LogP contribution >= 0.6 is 0 Å². The van der Waals surface area contributed by atoms with Crippen molar-refractivity contribution in [1.82, 2.24) is 9.97 Å². The molecule has 1 aromatic heterocycles. The highest BCUT2D eigenvalue weighted by molar-refractivity contribution is 5.62. The molecular formula is C17H16N4O3. The Hall–Kier alpha value is -2.53. The van der Waals surface area contributed by atoms with Crippen LogP contribution in [0, 0.1) is 11.3 Å². The van der Waals surface area contributed by atoms with E-state index in [4.69, 9.17) is 14.7 Å². The maximum atomic E-state index is 9.79. The summed E-state index contributed by atoms with van der Waals surface area (Å²) in [6.45, 7) is 0.721. The van der Waals surface area contributed by atoms with Gasteiger partial charge in [0.2, 0.25) is 5.95 Å². The molecule has 0 radical (unpaired) electrons. The molecule has 1 aromatic carbocycles. The van der Waals surface area contributed by atoms with Crippen LogP contribution in [0.3, 0.4) is 0 Å². The molecule has 0 bridgehead atoms. The normalized spacial score (nSPS) is 28.3. The number of ether oxygens (including phenoxy) is 2. The predicted octanol–water partition coefficient (Wildman–Crippen LogP) is 0.954. The summed E-state index contributed by atoms with van der Waals surface area (Å²) in [6, 6.07) is 11.1. The molecule has 0 spiro atoms. The third kappa shape index (κ3) is 2.71. The van der Waals surface area contributed by atoms with E-state index in [-0.39, 0.29) is 24.9 Å². The Morgan fingerprint density at radius 3 is 2.96 bits per heavy atom. The molecule has 2 aliphatic heterocycles. The van der Waals surface area contributed by atoms with Crippen LogP contribution in [0.5, 0.6) is 0 Å². The smallest absolute Gasteiger partial charge is 0.223 e. The van der Waals surface area contributed by atoms with Crippen LogP contribution in [-0.2, 0) is 9.47 Å². The van der Waals surface area contributed by atoms with Crippen molar-refractivity contribution in [3.05, 3.63) is 42.1 Å². The summed E-state index contributed by atoms with van der Waals surface area (Å²) in [5.41, 5.74) is 2.17. The highest BCUT2D eigenvalue weighted by Gasteiger charge is 2.47. The van der Waals surface area contributed by atoms with E-state index in [1.54, 1.807) is 24.4 Å². The fraction of sp³-hybridized carbons (Fsp3) is 0.353. The summed E-state index contributed by atoms with van der Waals surface area (Å²) in [5.74, 6) is 0.467. The number of aromatic nitrogens is 2. The Morgan fingerprint density at radius 2 is 2.08 bits per heavy atom. The number of benzene rings is 1. The number of anilines is 1. The van der Waals surface area contributed by atoms with Crippen LogP contribution in [0.1, 0.15) is 5.56 Å². The van der Waals surface area contributed by atoms with Gasteiger partial charge >= 0.3 is 0 Å². The van der Waals surface area contributed by atoms with E-state index in [1.807, 2.05) is 12.1 Å². The number of nitriles is 1. The lowest BCUT2D eigenvalue weighted by molar-refractivity contribution is 0.0184. The third-order valence-corrected chi connectivity index (χ3v) is 4.28. The maximum absolute atomic E-state index is 9.79. The Bertz CT molecular complexity index is 791. The van der Waals surface area contributed by atoms with Crippen molar-refractivity contribution in [3.8, 4) is 17.3 Å². The van der Waals surface area contributed by atoms with Gasteiger partial charge in [-0.1, -0.05) is 12.1 Å². The number of nitrogens with zero attached hydrogens (tertiary/aromatic N) is 3. The molecule has 0 unspecified atom stereocenters. The standard InChI is InChI=1S/C17H16N4O3/c18-7-10-2-1-3-11(6-10)12-4-5-19-17(20-12)21-13-8-23-16-14(22)9-24-15(13)16/h1-6,13-16,22H,8-9H2,(H,19,20,21)/t13-,14-,15-,16+/m1/s1. The molecule has 0 saturated carbocycles. The second kappa shape index (κ2) is 6.17. The molecule has 2 aliphatic rings. The molecule has 3 heterocycles. The van der Waals surface area contributed by atoms with Crippen LogP contribution in [-0.4, -0.2) is 52.6 Å². The van der Waals surface area contributed by atoms with Crippen molar-refractivity contribution in [1.29, 1.82) is 5.26 Å². The van der Waals surface area contributed by atoms with Crippen molar-refractivity contribution < 1.29 is 14.6 Å². The highest BCUT2D eigenvalue weighted by atomic mass is 16.6. The van der Waals surface area contributed by atoms with Gasteiger partial charge in [-0.3, -0.25) is 0 Å². The van der Waals surface area contributed by atoms with Gasteiger partial charge in [0.05, 0.1) is 36.6 Å². The van der Waals surface area contributed by atoms with Crippen LogP contribution < -0.4 is 5.32 Å². The van der Waals surface area contributed by atoms with Crippen LogP contribution in [0.2, 0.25) is 0 Å². The highest BCUT2D eigenvalue weighted by Crippen LogP contribution is 2.28. The van der Waals surface area contributed by atoms with Gasteiger partial charge in [-0.25, -0.2) is 9.97 Å². The fourth-order valence-corrected chi connectivity index (χ4v) is 3.11. The molecule has 4 rings (SSSR count). The first-order valence-electron chi connectivity index (χ1n) is 7.76. The summed E-state index contributed by atoms with van der Waals surface area (Å²) in [5, 5.41) is 22.0. The fourth-order valence-electron chi connectivity index (χ4n) is 3.11. The van der Waals surface area contributed by atoms with Gasteiger partial charge in [0.15, 0.2) is 0 Å². The van der Waals surface area contributed by atoms with E-state index < -0.39 is 6.10 Å². The molecule has 4 atom stereocenters. The van der Waals surface area contributed by atoms with Crippen LogP contribution in [0.4, 0.5) is 5.95 Å². The number of hydrogen-bond donors (Lipinski definition) is 2. The summed E-state index contributed by atoms with van der Waals surface area (Å²) in [4.78, 5) is 8.75. The SMILES string of the molecule is N#Cc1cccc(-c2ccnc(N[C@@H]3CO[C@@H]4[C@@H]3OC[C@H]4O)n2)c1. The Kier molecular flexibility index (Phi) is 3.86. The van der Waals surface area contributed by atoms with Crippen molar-refractivity contribution >= 4 is 5.95 Å². The number of aliphatic hydroxyl groups excluding tert-OH is 1. The van der Waals surface area contributed by atoms with Gasteiger partial charge in [-0.15, -0.1) is 0 Å². The van der Waals surface area contributed by atoms with E-state index in [9.17, 15) is 5.11 Å². The average Bonchev–Trinajstić information content (AvgIpc) is 3.19. The quantitative estimate of drug-likeness (QED) is 0.867. The number of fused-ring (bicyclic) bond motifs is 1. The van der Waals surface area contributed by atoms with E-state index in [0.29, 0.717) is 18.1 Å². The largest absolute Gasteiger partial charge is 0.388 e. The molecule has 2 aromatic rings. The molecule has 0 aliphatic carbocycles. The van der Waals surface area contributed by atoms with E-state index in [2.05, 4.69) is 21.4 Å². The monoisotopic (exact) mass is 324 g/mol. The molecule has 0 amide bonds. The second-order valence-electron chi connectivity index (χ2n) is 5.87. The Balaban J connectivity index is 1.54. The minimum atomic E-state index is -0.581. The molecule has 24 heavy (non-hydrogen) atoms. The molecule has 122 valence electrons. The van der Waals surface area contributed by atoms with E-state index >= 15 is 0 Å². The number of nitrogens with one attached hydrogen (secondary N) is 1. The maximum Gasteiger partial charge on any atom is 0.223 e. The number of aliphatic hydroxyl groups is 1. The molecule has 2 N–H and O–H groups in total. The predicted molar refractivity (Wildman–Crippen MR) is 85.1 cm³/mol. The van der Waals surface area contributed by atoms with Crippen LogP contribution in [0.25, 0.3) is 11.3 Å². The summed E-state index contributed by atoms with van der Waals surface area (Å²) >= 11 is 0. The molecule has 7 heteroatoms. The lowest BCUT2D eigenvalue weighted by atomic mass is 10.1. The van der Waals surface area contributed by atoms with Gasteiger partial charge in [-0.05, 0) is 18.2 Å². The first-order valence-corrected chi connectivity index (χ1v) is 7.76. The lowest BCUT2D eigenvalue weighted by Crippen LogP contribution is -2.36. The molecular weight excluding hydrogens is 308 g/mol. The summed E-state index contributed by atoms with van der Waals surface area (Å²) in [7, 11) is 0. The topological polar surface area (TPSA) is 100 Å². The zero-order chi connectivity index (χ0) is 16.5. The first kappa shape index (κ1) is 15.0. The second-order valence-corrected chi connectivity index (χ2v) is 5.87. The van der Waals surface area contributed by atoms with E-state index in [0.717, 1.165) is 11.3 Å². The first-order chi connectivity index (χ1) is 11.7. The molecule has 7 nitrogen and oxygen atoms in total. The Labute approximate surface area is 138 Å². The number of hydrogen-bond acceptors (Lipinski definition) is 7. The van der Waals surface area contributed by atoms with Crippen LogP contribution in [0.15, 0.2) is 36.5 Å². The molecule has 2 fully saturated rings. The summed E-state index contributed by atoms with van der Waals surface area (Å²) < 4.78 is 11.2. The zero-order valence-electron chi connectivity index (χ0n) is 12.8. The van der Waals surface area contributed by atoms with Crippen molar-refractivity contribution in [2.45, 2.75) is 24.4 Å². The lowest BCUT2D eigenvalue weighted by Gasteiger charge is -2.17. The minimum absolute atomic E-state index is 0.104. The minimum Gasteiger partial charge on any atom is -0.388 e. The van der Waals surface area contributed by atoms with E-state index in [1.165, 1.54) is 0 Å². The van der Waals surface area contributed by atoms with Gasteiger partial charge in [0.1, 0.15) is 18.3 Å². The van der Waals surface area contributed by atoms with Crippen molar-refractivity contribution in [2.75, 3.05) is 18.5 Å². The van der Waals surface area contributed by atoms with Crippen molar-refractivity contribution in [2.24, 2.45) is 0 Å². The molecule has 2 saturated heterocycles. The number of rotatable bonds is 3. The van der Waals surface area contributed by atoms with Gasteiger partial charge < -0.3 is 19.9 Å². The average molecular weight is 324 g/mol. The van der Waals surface area contributed by atoms with Gasteiger partial charge in [-0.2, -0.15) is 5.26 Å². The Morgan fingerprint density at radius 1 is 1.21 bits per heavy atom. The third-order valence-electron chi connectivity index (χ3n) is 4.28. The van der Waals surface area contributed by atoms with Crippen molar-refractivity contribution in [3.63, 3.8) is 0 Å². The zero-order valence-corrected chi connectivity index (χ0v) is 12.8.